The topological polar surface area (TPSA) is 38.3 Å². The number of carbonyl (C=O) groups is 1. The molecule has 0 radical (unpaired) electrons. The fourth-order valence-corrected chi connectivity index (χ4v) is 11.5. The van der Waals surface area contributed by atoms with Gasteiger partial charge in [-0.3, -0.25) is 4.79 Å². The van der Waals surface area contributed by atoms with E-state index in [1.807, 2.05) is 0 Å². The zero-order valence-electron chi connectivity index (χ0n) is 30.5. The summed E-state index contributed by atoms with van der Waals surface area (Å²) in [7, 11) is 0. The van der Waals surface area contributed by atoms with Crippen molar-refractivity contribution in [1.29, 1.82) is 0 Å². The molecule has 48 heavy (non-hydrogen) atoms. The van der Waals surface area contributed by atoms with Crippen LogP contribution in [0.4, 0.5) is 5.69 Å². The Kier molecular flexibility index (Phi) is 9.71. The standard InChI is InChI=1S/C45H61NO2/c1-30(2)10-8-11-31(3)40-19-20-41-39-18-16-36-29-38(21-23-44(36,4)42(39)22-24-45(40,41)5)48-43(47)14-9-25-46-37-17-15-34-26-32-12-6-7-13-33(32)27-35(34)28-37/h6-7,12-13,15-17,26-28,30-31,38-42,46H,8-11,14,18-25,29H2,1-5H3/t31-,38+,39+,40-,41+,42+,44+,45-/m1/s1. The monoisotopic (exact) mass is 647 g/mol. The van der Waals surface area contributed by atoms with Crippen LogP contribution in [-0.2, 0) is 9.53 Å². The largest absolute Gasteiger partial charge is 0.462 e. The zero-order chi connectivity index (χ0) is 33.5. The van der Waals surface area contributed by atoms with E-state index in [9.17, 15) is 4.79 Å². The Morgan fingerprint density at radius 1 is 0.854 bits per heavy atom. The van der Waals surface area contributed by atoms with Gasteiger partial charge in [0.1, 0.15) is 6.10 Å². The van der Waals surface area contributed by atoms with Gasteiger partial charge >= 0.3 is 5.97 Å². The van der Waals surface area contributed by atoms with E-state index in [2.05, 4.69) is 101 Å². The summed E-state index contributed by atoms with van der Waals surface area (Å²) in [6, 6.07) is 19.6. The summed E-state index contributed by atoms with van der Waals surface area (Å²) in [4.78, 5) is 13.0. The highest BCUT2D eigenvalue weighted by Crippen LogP contribution is 2.67. The number of anilines is 1. The number of hydrogen-bond donors (Lipinski definition) is 1. The minimum atomic E-state index is -0.0300. The van der Waals surface area contributed by atoms with Crippen molar-refractivity contribution in [2.24, 2.45) is 46.3 Å². The average Bonchev–Trinajstić information content (AvgIpc) is 3.43. The van der Waals surface area contributed by atoms with E-state index in [0.29, 0.717) is 17.3 Å². The van der Waals surface area contributed by atoms with Crippen LogP contribution in [0, 0.1) is 46.3 Å². The maximum atomic E-state index is 13.0. The van der Waals surface area contributed by atoms with E-state index in [0.717, 1.165) is 67.0 Å². The van der Waals surface area contributed by atoms with Crippen molar-refractivity contribution in [3.8, 4) is 0 Å². The highest BCUT2D eigenvalue weighted by atomic mass is 16.5. The molecule has 1 N–H and O–H groups in total. The summed E-state index contributed by atoms with van der Waals surface area (Å²) >= 11 is 0. The van der Waals surface area contributed by atoms with Crippen molar-refractivity contribution < 1.29 is 9.53 Å². The molecule has 3 saturated carbocycles. The van der Waals surface area contributed by atoms with Crippen LogP contribution in [0.25, 0.3) is 21.5 Å². The lowest BCUT2D eigenvalue weighted by atomic mass is 9.47. The van der Waals surface area contributed by atoms with Crippen LogP contribution in [0.3, 0.4) is 0 Å². The van der Waals surface area contributed by atoms with E-state index in [4.69, 9.17) is 4.74 Å². The minimum Gasteiger partial charge on any atom is -0.462 e. The molecule has 258 valence electrons. The quantitative estimate of drug-likeness (QED) is 0.0974. The molecule has 3 heteroatoms. The third kappa shape index (κ3) is 6.57. The Morgan fingerprint density at radius 3 is 2.42 bits per heavy atom. The molecular formula is C45H61NO2. The average molecular weight is 648 g/mol. The van der Waals surface area contributed by atoms with Crippen LogP contribution >= 0.6 is 0 Å². The Balaban J connectivity index is 0.895. The molecule has 0 saturated heterocycles. The molecule has 8 atom stereocenters. The molecule has 4 aliphatic carbocycles. The van der Waals surface area contributed by atoms with Gasteiger partial charge in [0.15, 0.2) is 0 Å². The van der Waals surface area contributed by atoms with Gasteiger partial charge in [0.05, 0.1) is 0 Å². The van der Waals surface area contributed by atoms with E-state index >= 15 is 0 Å². The van der Waals surface area contributed by atoms with Crippen molar-refractivity contribution in [3.63, 3.8) is 0 Å². The van der Waals surface area contributed by atoms with Gasteiger partial charge in [-0.1, -0.05) is 95.9 Å². The number of nitrogens with one attached hydrogen (secondary N) is 1. The van der Waals surface area contributed by atoms with Crippen molar-refractivity contribution in [3.05, 3.63) is 66.2 Å². The number of hydrogen-bond acceptors (Lipinski definition) is 3. The van der Waals surface area contributed by atoms with Gasteiger partial charge in [-0.2, -0.15) is 0 Å². The zero-order valence-corrected chi connectivity index (χ0v) is 30.5. The number of ether oxygens (including phenoxy) is 1. The minimum absolute atomic E-state index is 0.0300. The maximum absolute atomic E-state index is 13.0. The molecule has 7 rings (SSSR count). The first kappa shape index (κ1) is 33.7. The summed E-state index contributed by atoms with van der Waals surface area (Å²) in [6.07, 6.45) is 18.2. The third-order valence-corrected chi connectivity index (χ3v) is 14.1. The lowest BCUT2D eigenvalue weighted by molar-refractivity contribution is -0.151. The molecule has 3 aromatic rings. The molecule has 0 amide bonds. The van der Waals surface area contributed by atoms with Crippen LogP contribution in [0.15, 0.2) is 66.2 Å². The molecule has 3 fully saturated rings. The summed E-state index contributed by atoms with van der Waals surface area (Å²) in [6.45, 7) is 13.4. The molecule has 0 aromatic heterocycles. The molecule has 0 spiro atoms. The van der Waals surface area contributed by atoms with Crippen molar-refractivity contribution in [2.75, 3.05) is 11.9 Å². The fourth-order valence-electron chi connectivity index (χ4n) is 11.5. The molecule has 0 bridgehead atoms. The van der Waals surface area contributed by atoms with Gasteiger partial charge < -0.3 is 10.1 Å². The van der Waals surface area contributed by atoms with Crippen LogP contribution < -0.4 is 5.32 Å². The first-order valence-electron chi connectivity index (χ1n) is 19.7. The molecule has 0 heterocycles. The summed E-state index contributed by atoms with van der Waals surface area (Å²) in [5, 5.41) is 8.56. The highest BCUT2D eigenvalue weighted by molar-refractivity contribution is 5.99. The number of carbonyl (C=O) groups excluding carboxylic acids is 1. The predicted octanol–water partition coefficient (Wildman–Crippen LogP) is 12.1. The van der Waals surface area contributed by atoms with Gasteiger partial charge in [0, 0.05) is 25.1 Å². The number of fused-ring (bicyclic) bond motifs is 7. The molecule has 4 aliphatic rings. The maximum Gasteiger partial charge on any atom is 0.306 e. The molecule has 3 nitrogen and oxygen atoms in total. The number of allylic oxidation sites excluding steroid dienone is 1. The molecule has 0 unspecified atom stereocenters. The van der Waals surface area contributed by atoms with Crippen molar-refractivity contribution in [1.82, 2.24) is 0 Å². The van der Waals surface area contributed by atoms with Gasteiger partial charge in [0.25, 0.3) is 0 Å². The van der Waals surface area contributed by atoms with Crippen LogP contribution in [-0.4, -0.2) is 18.6 Å². The van der Waals surface area contributed by atoms with E-state index in [1.165, 1.54) is 79.3 Å². The lowest BCUT2D eigenvalue weighted by Crippen LogP contribution is -2.51. The molecular weight excluding hydrogens is 587 g/mol. The van der Waals surface area contributed by atoms with Gasteiger partial charge in [0.2, 0.25) is 0 Å². The predicted molar refractivity (Wildman–Crippen MR) is 202 cm³/mol. The van der Waals surface area contributed by atoms with Gasteiger partial charge in [-0.25, -0.2) is 0 Å². The van der Waals surface area contributed by atoms with Crippen molar-refractivity contribution in [2.45, 2.75) is 124 Å². The van der Waals surface area contributed by atoms with Crippen LogP contribution in [0.1, 0.15) is 118 Å². The molecule has 3 aromatic carbocycles. The van der Waals surface area contributed by atoms with Gasteiger partial charge in [-0.15, -0.1) is 0 Å². The van der Waals surface area contributed by atoms with Crippen LogP contribution in [0.2, 0.25) is 0 Å². The number of esters is 1. The first-order valence-corrected chi connectivity index (χ1v) is 19.7. The highest BCUT2D eigenvalue weighted by Gasteiger charge is 2.59. The number of rotatable bonds is 11. The Morgan fingerprint density at radius 2 is 1.62 bits per heavy atom. The van der Waals surface area contributed by atoms with E-state index < -0.39 is 0 Å². The summed E-state index contributed by atoms with van der Waals surface area (Å²) in [5.41, 5.74) is 3.54. The Bertz CT molecular complexity index is 1640. The Hall–Kier alpha value is -2.81. The van der Waals surface area contributed by atoms with E-state index in [1.54, 1.807) is 5.57 Å². The SMILES string of the molecule is CC(C)CCC[C@@H](C)[C@H]1CC[C@H]2[C@@H]3CC=C4C[C@@H](OC(=O)CCCNc5ccc6cc7ccccc7cc6c5)CC[C@]4(C)[C@H]3CC[C@]12C. The Labute approximate surface area is 290 Å². The van der Waals surface area contributed by atoms with Crippen molar-refractivity contribution >= 4 is 33.2 Å². The second-order valence-corrected chi connectivity index (χ2v) is 17.4. The van der Waals surface area contributed by atoms with Gasteiger partial charge in [-0.05, 0) is 144 Å². The summed E-state index contributed by atoms with van der Waals surface area (Å²) in [5.74, 6) is 5.11. The second kappa shape index (κ2) is 13.8. The van der Waals surface area contributed by atoms with E-state index in [-0.39, 0.29) is 12.1 Å². The second-order valence-electron chi connectivity index (χ2n) is 17.4. The first-order chi connectivity index (χ1) is 23.1. The smallest absolute Gasteiger partial charge is 0.306 e. The molecule has 0 aliphatic heterocycles. The normalized spacial score (nSPS) is 32.0. The fraction of sp³-hybridized carbons (Fsp3) is 0.622. The summed E-state index contributed by atoms with van der Waals surface area (Å²) < 4.78 is 6.14. The third-order valence-electron chi connectivity index (χ3n) is 14.1. The van der Waals surface area contributed by atoms with Crippen LogP contribution in [0.5, 0.6) is 0 Å². The lowest BCUT2D eigenvalue weighted by Gasteiger charge is -2.58. The number of benzene rings is 3.